The topological polar surface area (TPSA) is 148 Å². The molecule has 3 aromatic carbocycles. The number of hydrogen-bond acceptors (Lipinski definition) is 8. The number of anilines is 2. The van der Waals surface area contributed by atoms with Crippen molar-refractivity contribution >= 4 is 51.9 Å². The molecule has 3 fully saturated rings. The van der Waals surface area contributed by atoms with Gasteiger partial charge in [-0.15, -0.1) is 0 Å². The number of amides is 5. The second-order valence-electron chi connectivity index (χ2n) is 15.0. The molecule has 4 aliphatic rings. The Hall–Kier alpha value is -5.36. The highest BCUT2D eigenvalue weighted by molar-refractivity contribution is 6.25. The minimum Gasteiger partial charge on any atom is -0.371 e. The normalized spacial score (nSPS) is 21.1. The van der Waals surface area contributed by atoms with Crippen LogP contribution >= 0.6 is 0 Å². The number of carbonyl (C=O) groups excluding carboxylic acids is 5. The number of aromatic amines is 1. The number of H-pyrrole nitrogens is 1. The molecule has 0 aliphatic carbocycles. The minimum absolute atomic E-state index is 0.0943. The van der Waals surface area contributed by atoms with E-state index in [1.54, 1.807) is 12.1 Å². The lowest BCUT2D eigenvalue weighted by Gasteiger charge is -2.34. The van der Waals surface area contributed by atoms with Crippen molar-refractivity contribution in [1.29, 1.82) is 0 Å². The molecule has 1 unspecified atom stereocenters. The fourth-order valence-corrected chi connectivity index (χ4v) is 8.48. The number of nitrogens with zero attached hydrogens (tertiary/aromatic N) is 4. The monoisotopic (exact) mass is 715 g/mol. The van der Waals surface area contributed by atoms with Crippen LogP contribution in [0, 0.1) is 5.92 Å². The van der Waals surface area contributed by atoms with E-state index in [2.05, 4.69) is 32.3 Å². The lowest BCUT2D eigenvalue weighted by atomic mass is 9.90. The molecule has 0 bridgehead atoms. The van der Waals surface area contributed by atoms with Crippen LogP contribution in [0.25, 0.3) is 11.0 Å². The second kappa shape index (κ2) is 14.6. The van der Waals surface area contributed by atoms with Crippen molar-refractivity contribution in [2.75, 3.05) is 29.9 Å². The van der Waals surface area contributed by atoms with E-state index < -0.39 is 23.8 Å². The molecule has 0 radical (unpaired) electrons. The van der Waals surface area contributed by atoms with Crippen LogP contribution in [0.15, 0.2) is 60.7 Å². The highest BCUT2D eigenvalue weighted by Crippen LogP contribution is 2.36. The molecule has 4 aliphatic heterocycles. The van der Waals surface area contributed by atoms with Crippen LogP contribution in [-0.2, 0) is 22.6 Å². The summed E-state index contributed by atoms with van der Waals surface area (Å²) < 4.78 is 0. The Labute approximate surface area is 308 Å². The number of aryl methyl sites for hydroxylation is 1. The maximum absolute atomic E-state index is 13.6. The maximum atomic E-state index is 13.6. The molecule has 3 N–H and O–H groups in total. The van der Waals surface area contributed by atoms with E-state index in [1.165, 1.54) is 18.4 Å². The third-order valence-electron chi connectivity index (χ3n) is 11.5. The zero-order chi connectivity index (χ0) is 36.6. The summed E-state index contributed by atoms with van der Waals surface area (Å²) in [6.07, 6.45) is 7.68. The van der Waals surface area contributed by atoms with Crippen molar-refractivity contribution in [3.63, 3.8) is 0 Å². The fourth-order valence-electron chi connectivity index (χ4n) is 8.48. The molecule has 5 heterocycles. The Kier molecular flexibility index (Phi) is 9.55. The van der Waals surface area contributed by atoms with Crippen molar-refractivity contribution in [2.24, 2.45) is 5.92 Å². The summed E-state index contributed by atoms with van der Waals surface area (Å²) in [5, 5.41) is 5.29. The van der Waals surface area contributed by atoms with E-state index in [0.717, 1.165) is 91.4 Å². The van der Waals surface area contributed by atoms with Crippen LogP contribution in [0.2, 0.25) is 0 Å². The van der Waals surface area contributed by atoms with Crippen LogP contribution in [0.4, 0.5) is 11.4 Å². The summed E-state index contributed by atoms with van der Waals surface area (Å²) in [6.45, 7) is 5.72. The van der Waals surface area contributed by atoms with Gasteiger partial charge in [-0.2, -0.15) is 0 Å². The molecule has 3 saturated heterocycles. The lowest BCUT2D eigenvalue weighted by Crippen LogP contribution is -2.54. The third-order valence-corrected chi connectivity index (χ3v) is 11.5. The van der Waals surface area contributed by atoms with E-state index in [9.17, 15) is 24.0 Å². The molecule has 12 nitrogen and oxygen atoms in total. The molecule has 8 rings (SSSR count). The van der Waals surface area contributed by atoms with Gasteiger partial charge in [-0.05, 0) is 119 Å². The van der Waals surface area contributed by atoms with Crippen molar-refractivity contribution in [1.82, 2.24) is 25.1 Å². The van der Waals surface area contributed by atoms with E-state index >= 15 is 0 Å². The van der Waals surface area contributed by atoms with E-state index in [1.807, 2.05) is 48.5 Å². The standard InChI is InChI=1S/C41H45N7O5/c1-25-5-4-20-47(25)24-35-43-31-15-14-29(23-32(31)44-35)42-38(50)28-12-10-26(11-13-28)6-2-7-27-18-21-46(22-19-27)33-9-3-8-30-37(33)41(53)48(40(30)52)34-16-17-36(49)45-39(34)51/h3,8-15,23,25,27,34H,2,4-7,16-22,24H2,1H3,(H,42,50)(H,43,44)(H,45,49,51)/t25-,34?/m0/s1. The molecular formula is C41H45N7O5. The SMILES string of the molecule is C[C@H]1CCCN1Cc1nc2cc(NC(=O)c3ccc(CCCC4CCN(c5cccc6c5C(=O)N(C5CCC(=O)NC5=O)C6=O)CC4)cc3)ccc2[nH]1. The van der Waals surface area contributed by atoms with Gasteiger partial charge >= 0.3 is 0 Å². The molecule has 12 heteroatoms. The van der Waals surface area contributed by atoms with Gasteiger partial charge in [0.2, 0.25) is 11.8 Å². The van der Waals surface area contributed by atoms with Crippen LogP contribution in [0.5, 0.6) is 0 Å². The Balaban J connectivity index is 0.806. The Morgan fingerprint density at radius 3 is 2.49 bits per heavy atom. The molecule has 274 valence electrons. The lowest BCUT2D eigenvalue weighted by molar-refractivity contribution is -0.136. The number of piperidine rings is 2. The van der Waals surface area contributed by atoms with Gasteiger partial charge in [0, 0.05) is 36.8 Å². The largest absolute Gasteiger partial charge is 0.371 e. The van der Waals surface area contributed by atoms with Gasteiger partial charge in [0.25, 0.3) is 17.7 Å². The Morgan fingerprint density at radius 1 is 0.925 bits per heavy atom. The number of benzene rings is 3. The number of fused-ring (bicyclic) bond motifs is 2. The minimum atomic E-state index is -0.974. The number of carbonyl (C=O) groups is 5. The van der Waals surface area contributed by atoms with Gasteiger partial charge in [-0.3, -0.25) is 39.1 Å². The van der Waals surface area contributed by atoms with E-state index in [0.29, 0.717) is 28.7 Å². The summed E-state index contributed by atoms with van der Waals surface area (Å²) in [5.74, 6) is -0.580. The fraction of sp³-hybridized carbons (Fsp3) is 0.415. The van der Waals surface area contributed by atoms with Gasteiger partial charge in [-0.1, -0.05) is 18.2 Å². The average molecular weight is 716 g/mol. The molecule has 4 aromatic rings. The summed E-state index contributed by atoms with van der Waals surface area (Å²) in [6, 6.07) is 18.6. The first-order chi connectivity index (χ1) is 25.7. The summed E-state index contributed by atoms with van der Waals surface area (Å²) in [4.78, 5) is 77.9. The number of aromatic nitrogens is 2. The predicted octanol–water partition coefficient (Wildman–Crippen LogP) is 5.44. The van der Waals surface area contributed by atoms with E-state index in [-0.39, 0.29) is 24.7 Å². The highest BCUT2D eigenvalue weighted by atomic mass is 16.2. The number of imidazole rings is 1. The number of likely N-dealkylation sites (tertiary alicyclic amines) is 1. The molecule has 0 saturated carbocycles. The zero-order valence-corrected chi connectivity index (χ0v) is 30.0. The molecule has 0 spiro atoms. The molecule has 5 amide bonds. The first-order valence-corrected chi connectivity index (χ1v) is 18.9. The smallest absolute Gasteiger partial charge is 0.264 e. The first-order valence-electron chi connectivity index (χ1n) is 18.9. The van der Waals surface area contributed by atoms with Crippen LogP contribution in [0.3, 0.4) is 0 Å². The molecule has 2 atom stereocenters. The second-order valence-corrected chi connectivity index (χ2v) is 15.0. The van der Waals surface area contributed by atoms with Gasteiger partial charge in [-0.25, -0.2) is 4.98 Å². The number of hydrogen-bond donors (Lipinski definition) is 3. The number of rotatable bonds is 10. The van der Waals surface area contributed by atoms with Gasteiger partial charge < -0.3 is 15.2 Å². The number of imide groups is 2. The van der Waals surface area contributed by atoms with Gasteiger partial charge in [0.1, 0.15) is 11.9 Å². The van der Waals surface area contributed by atoms with Crippen LogP contribution in [-0.4, -0.2) is 81.0 Å². The third kappa shape index (κ3) is 7.07. The quantitative estimate of drug-likeness (QED) is 0.184. The molecule has 1 aromatic heterocycles. The van der Waals surface area contributed by atoms with Crippen LogP contribution in [0.1, 0.15) is 101 Å². The van der Waals surface area contributed by atoms with Crippen molar-refractivity contribution in [3.8, 4) is 0 Å². The molecule has 53 heavy (non-hydrogen) atoms. The van der Waals surface area contributed by atoms with Crippen molar-refractivity contribution in [3.05, 3.63) is 88.7 Å². The van der Waals surface area contributed by atoms with Crippen LogP contribution < -0.4 is 15.5 Å². The Bertz CT molecular complexity index is 2080. The van der Waals surface area contributed by atoms with E-state index in [4.69, 9.17) is 4.98 Å². The first kappa shape index (κ1) is 34.7. The summed E-state index contributed by atoms with van der Waals surface area (Å²) >= 11 is 0. The predicted molar refractivity (Wildman–Crippen MR) is 201 cm³/mol. The van der Waals surface area contributed by atoms with Gasteiger partial charge in [0.05, 0.1) is 34.4 Å². The van der Waals surface area contributed by atoms with Crippen molar-refractivity contribution < 1.29 is 24.0 Å². The highest BCUT2D eigenvalue weighted by Gasteiger charge is 2.46. The Morgan fingerprint density at radius 2 is 1.74 bits per heavy atom. The zero-order valence-electron chi connectivity index (χ0n) is 30.0. The summed E-state index contributed by atoms with van der Waals surface area (Å²) in [5.41, 5.74) is 5.74. The summed E-state index contributed by atoms with van der Waals surface area (Å²) in [7, 11) is 0. The number of nitrogens with one attached hydrogen (secondary N) is 3. The average Bonchev–Trinajstić information content (AvgIpc) is 3.83. The van der Waals surface area contributed by atoms with Gasteiger partial charge in [0.15, 0.2) is 0 Å². The maximum Gasteiger partial charge on any atom is 0.264 e. The molecular weight excluding hydrogens is 670 g/mol. The van der Waals surface area contributed by atoms with Crippen molar-refractivity contribution in [2.45, 2.75) is 83.3 Å².